The maximum absolute atomic E-state index is 11.6. The summed E-state index contributed by atoms with van der Waals surface area (Å²) in [4.78, 5) is 4.14. The molecule has 0 aliphatic heterocycles. The number of nitrogens with zero attached hydrogens (tertiary/aromatic N) is 1. The van der Waals surface area contributed by atoms with Crippen LogP contribution in [-0.2, 0) is 16.4 Å². The number of hydrogen-bond donors (Lipinski definition) is 2. The van der Waals surface area contributed by atoms with Crippen LogP contribution in [0.1, 0.15) is 18.5 Å². The fraction of sp³-hybridized carbons (Fsp3) is 0.583. The lowest BCUT2D eigenvalue weighted by Gasteiger charge is -2.06. The topological polar surface area (TPSA) is 71.1 Å². The maximum atomic E-state index is 11.6. The normalized spacial score (nSPS) is 11.6. The summed E-state index contributed by atoms with van der Waals surface area (Å²) in [6.07, 6.45) is 3.88. The smallest absolute Gasteiger partial charge is 0.211 e. The largest absolute Gasteiger partial charge is 0.320 e. The second-order valence-corrected chi connectivity index (χ2v) is 6.02. The third-order valence-corrected chi connectivity index (χ3v) is 3.99. The molecule has 0 bridgehead atoms. The fourth-order valence-corrected chi connectivity index (χ4v) is 2.69. The van der Waals surface area contributed by atoms with Gasteiger partial charge in [-0.25, -0.2) is 13.1 Å². The average molecular weight is 271 g/mol. The second-order valence-electron chi connectivity index (χ2n) is 4.09. The van der Waals surface area contributed by atoms with Crippen molar-refractivity contribution in [3.8, 4) is 0 Å². The molecular formula is C12H21N3O2S. The van der Waals surface area contributed by atoms with Crippen LogP contribution in [0, 0.1) is 0 Å². The van der Waals surface area contributed by atoms with E-state index >= 15 is 0 Å². The standard InChI is InChI=1S/C12H21N3O2S/c1-13-8-4-5-11-18(16,17)15-10-7-12-6-2-3-9-14-12/h2-3,6,9,13,15H,4-5,7-8,10-11H2,1H3. The molecule has 2 N–H and O–H groups in total. The Labute approximate surface area is 109 Å². The molecule has 0 fully saturated rings. The van der Waals surface area contributed by atoms with E-state index in [0.717, 1.165) is 18.7 Å². The van der Waals surface area contributed by atoms with E-state index in [0.29, 0.717) is 19.4 Å². The highest BCUT2D eigenvalue weighted by atomic mass is 32.2. The summed E-state index contributed by atoms with van der Waals surface area (Å²) in [7, 11) is -1.28. The molecule has 0 spiro atoms. The molecule has 0 aliphatic rings. The van der Waals surface area contributed by atoms with E-state index in [2.05, 4.69) is 15.0 Å². The van der Waals surface area contributed by atoms with Gasteiger partial charge in [-0.3, -0.25) is 4.98 Å². The number of hydrogen-bond acceptors (Lipinski definition) is 4. The molecule has 0 aromatic carbocycles. The molecule has 18 heavy (non-hydrogen) atoms. The molecule has 0 unspecified atom stereocenters. The predicted octanol–water partition coefficient (Wildman–Crippen LogP) is 0.543. The van der Waals surface area contributed by atoms with E-state index in [1.807, 2.05) is 25.2 Å². The summed E-state index contributed by atoms with van der Waals surface area (Å²) in [5, 5.41) is 3.00. The average Bonchev–Trinajstić information content (AvgIpc) is 2.36. The SMILES string of the molecule is CNCCCCS(=O)(=O)NCCc1ccccn1. The second kappa shape index (κ2) is 8.18. The van der Waals surface area contributed by atoms with Gasteiger partial charge in [-0.2, -0.15) is 0 Å². The zero-order valence-electron chi connectivity index (χ0n) is 10.7. The minimum absolute atomic E-state index is 0.191. The van der Waals surface area contributed by atoms with E-state index in [-0.39, 0.29) is 5.75 Å². The van der Waals surface area contributed by atoms with Crippen LogP contribution in [0.25, 0.3) is 0 Å². The molecule has 1 aromatic rings. The molecule has 5 nitrogen and oxygen atoms in total. The van der Waals surface area contributed by atoms with Gasteiger partial charge in [-0.1, -0.05) is 6.07 Å². The van der Waals surface area contributed by atoms with Crippen molar-refractivity contribution in [2.75, 3.05) is 25.9 Å². The Morgan fingerprint density at radius 3 is 2.72 bits per heavy atom. The molecule has 102 valence electrons. The van der Waals surface area contributed by atoms with Gasteiger partial charge in [0, 0.05) is 24.9 Å². The van der Waals surface area contributed by atoms with Crippen LogP contribution >= 0.6 is 0 Å². The third-order valence-electron chi connectivity index (χ3n) is 2.52. The van der Waals surface area contributed by atoms with E-state index < -0.39 is 10.0 Å². The quantitative estimate of drug-likeness (QED) is 0.643. The van der Waals surface area contributed by atoms with Gasteiger partial charge < -0.3 is 5.32 Å². The molecule has 0 saturated heterocycles. The summed E-state index contributed by atoms with van der Waals surface area (Å²) in [5.41, 5.74) is 0.899. The predicted molar refractivity (Wildman–Crippen MR) is 72.9 cm³/mol. The van der Waals surface area contributed by atoms with Crippen molar-refractivity contribution in [2.24, 2.45) is 0 Å². The Morgan fingerprint density at radius 1 is 1.22 bits per heavy atom. The zero-order chi connectivity index (χ0) is 13.3. The minimum Gasteiger partial charge on any atom is -0.320 e. The van der Waals surface area contributed by atoms with Crippen molar-refractivity contribution < 1.29 is 8.42 Å². The summed E-state index contributed by atoms with van der Waals surface area (Å²) < 4.78 is 25.9. The van der Waals surface area contributed by atoms with Crippen molar-refractivity contribution in [3.05, 3.63) is 30.1 Å². The van der Waals surface area contributed by atoms with Gasteiger partial charge in [0.15, 0.2) is 0 Å². The lowest BCUT2D eigenvalue weighted by molar-refractivity contribution is 0.575. The number of sulfonamides is 1. The van der Waals surface area contributed by atoms with Gasteiger partial charge in [-0.05, 0) is 38.6 Å². The lowest BCUT2D eigenvalue weighted by atomic mass is 10.3. The van der Waals surface area contributed by atoms with Gasteiger partial charge in [0.1, 0.15) is 0 Å². The number of unbranched alkanes of at least 4 members (excludes halogenated alkanes) is 1. The van der Waals surface area contributed by atoms with Crippen LogP contribution in [0.3, 0.4) is 0 Å². The maximum Gasteiger partial charge on any atom is 0.211 e. The zero-order valence-corrected chi connectivity index (χ0v) is 11.5. The first-order valence-electron chi connectivity index (χ1n) is 6.16. The van der Waals surface area contributed by atoms with Crippen LogP contribution in [0.4, 0.5) is 0 Å². The Morgan fingerprint density at radius 2 is 2.06 bits per heavy atom. The fourth-order valence-electron chi connectivity index (χ4n) is 1.55. The van der Waals surface area contributed by atoms with E-state index in [1.165, 1.54) is 0 Å². The number of rotatable bonds is 9. The van der Waals surface area contributed by atoms with Crippen molar-refractivity contribution in [2.45, 2.75) is 19.3 Å². The molecule has 0 amide bonds. The number of pyridine rings is 1. The van der Waals surface area contributed by atoms with Crippen molar-refractivity contribution in [3.63, 3.8) is 0 Å². The van der Waals surface area contributed by atoms with E-state index in [1.54, 1.807) is 6.20 Å². The summed E-state index contributed by atoms with van der Waals surface area (Å²) in [5.74, 6) is 0.191. The molecule has 1 aromatic heterocycles. The van der Waals surface area contributed by atoms with Crippen molar-refractivity contribution in [1.82, 2.24) is 15.0 Å². The highest BCUT2D eigenvalue weighted by Crippen LogP contribution is 1.96. The highest BCUT2D eigenvalue weighted by Gasteiger charge is 2.08. The van der Waals surface area contributed by atoms with Crippen LogP contribution in [0.5, 0.6) is 0 Å². The first-order valence-corrected chi connectivity index (χ1v) is 7.81. The molecule has 0 radical (unpaired) electrons. The Balaban J connectivity index is 2.21. The van der Waals surface area contributed by atoms with Crippen LogP contribution < -0.4 is 10.0 Å². The summed E-state index contributed by atoms with van der Waals surface area (Å²) in [6.45, 7) is 1.26. The minimum atomic E-state index is -3.14. The molecular weight excluding hydrogens is 250 g/mol. The molecule has 1 rings (SSSR count). The molecule has 0 aliphatic carbocycles. The monoisotopic (exact) mass is 271 g/mol. The van der Waals surface area contributed by atoms with E-state index in [4.69, 9.17) is 0 Å². The Kier molecular flexibility index (Phi) is 6.85. The van der Waals surface area contributed by atoms with Gasteiger partial charge in [0.05, 0.1) is 5.75 Å². The van der Waals surface area contributed by atoms with Crippen LogP contribution in [0.2, 0.25) is 0 Å². The molecule has 0 atom stereocenters. The molecule has 1 heterocycles. The lowest BCUT2D eigenvalue weighted by Crippen LogP contribution is -2.28. The first-order chi connectivity index (χ1) is 8.64. The van der Waals surface area contributed by atoms with Gasteiger partial charge in [0.2, 0.25) is 10.0 Å². The Bertz CT molecular complexity index is 420. The number of aromatic nitrogens is 1. The van der Waals surface area contributed by atoms with Crippen molar-refractivity contribution >= 4 is 10.0 Å². The highest BCUT2D eigenvalue weighted by molar-refractivity contribution is 7.89. The summed E-state index contributed by atoms with van der Waals surface area (Å²) >= 11 is 0. The first kappa shape index (κ1) is 15.1. The van der Waals surface area contributed by atoms with E-state index in [9.17, 15) is 8.42 Å². The van der Waals surface area contributed by atoms with Gasteiger partial charge in [-0.15, -0.1) is 0 Å². The Hall–Kier alpha value is -0.980. The molecule has 6 heteroatoms. The van der Waals surface area contributed by atoms with Gasteiger partial charge >= 0.3 is 0 Å². The van der Waals surface area contributed by atoms with Crippen LogP contribution in [0.15, 0.2) is 24.4 Å². The van der Waals surface area contributed by atoms with Gasteiger partial charge in [0.25, 0.3) is 0 Å². The number of nitrogens with one attached hydrogen (secondary N) is 2. The van der Waals surface area contributed by atoms with Crippen LogP contribution in [-0.4, -0.2) is 39.3 Å². The summed E-state index contributed by atoms with van der Waals surface area (Å²) in [6, 6.07) is 5.63. The van der Waals surface area contributed by atoms with Crippen molar-refractivity contribution in [1.29, 1.82) is 0 Å². The third kappa shape index (κ3) is 6.68. The molecule has 0 saturated carbocycles.